The zero-order valence-corrected chi connectivity index (χ0v) is 17.5. The molecule has 30 heavy (non-hydrogen) atoms. The van der Waals surface area contributed by atoms with Crippen molar-refractivity contribution < 1.29 is 0 Å². The Balaban J connectivity index is 1.71. The minimum atomic E-state index is -0.193. The molecule has 2 heterocycles. The Hall–Kier alpha value is -3.64. The molecular formula is C21H19N7OS. The van der Waals surface area contributed by atoms with Gasteiger partial charge in [0.25, 0.3) is 5.56 Å². The molecule has 1 atom stereocenters. The highest BCUT2D eigenvalue weighted by atomic mass is 32.2. The molecule has 0 fully saturated rings. The van der Waals surface area contributed by atoms with E-state index in [1.54, 1.807) is 21.5 Å². The van der Waals surface area contributed by atoms with Crippen molar-refractivity contribution in [1.82, 2.24) is 29.6 Å². The molecule has 8 nitrogen and oxygen atoms in total. The fraction of sp³-hybridized carbons (Fsp3) is 0.190. The van der Waals surface area contributed by atoms with Crippen molar-refractivity contribution in [2.24, 2.45) is 7.05 Å². The molecule has 0 aliphatic rings. The maximum atomic E-state index is 13.3. The number of para-hydroxylation sites is 1. The van der Waals surface area contributed by atoms with Gasteiger partial charge in [-0.25, -0.2) is 4.68 Å². The predicted molar refractivity (Wildman–Crippen MR) is 114 cm³/mol. The lowest BCUT2D eigenvalue weighted by atomic mass is 10.1. The maximum Gasteiger partial charge on any atom is 0.297 e. The van der Waals surface area contributed by atoms with Gasteiger partial charge in [0.15, 0.2) is 5.69 Å². The van der Waals surface area contributed by atoms with E-state index in [9.17, 15) is 4.79 Å². The van der Waals surface area contributed by atoms with E-state index in [1.807, 2.05) is 63.4 Å². The van der Waals surface area contributed by atoms with E-state index in [1.165, 1.54) is 16.4 Å². The lowest BCUT2D eigenvalue weighted by Crippen LogP contribution is -2.22. The first-order chi connectivity index (χ1) is 14.5. The Morgan fingerprint density at radius 1 is 1.10 bits per heavy atom. The molecule has 4 aromatic rings. The third kappa shape index (κ3) is 3.42. The maximum absolute atomic E-state index is 13.3. The molecule has 150 valence electrons. The molecule has 0 bridgehead atoms. The third-order valence-corrected chi connectivity index (χ3v) is 6.06. The van der Waals surface area contributed by atoms with Crippen LogP contribution in [0.3, 0.4) is 0 Å². The van der Waals surface area contributed by atoms with E-state index in [2.05, 4.69) is 21.6 Å². The van der Waals surface area contributed by atoms with Gasteiger partial charge in [0, 0.05) is 12.3 Å². The predicted octanol–water partition coefficient (Wildman–Crippen LogP) is 3.19. The van der Waals surface area contributed by atoms with Gasteiger partial charge in [0.05, 0.1) is 23.0 Å². The van der Waals surface area contributed by atoms with Gasteiger partial charge < -0.3 is 0 Å². The first kappa shape index (κ1) is 19.7. The van der Waals surface area contributed by atoms with E-state index < -0.39 is 0 Å². The quantitative estimate of drug-likeness (QED) is 0.463. The van der Waals surface area contributed by atoms with Crippen molar-refractivity contribution in [3.05, 3.63) is 81.8 Å². The van der Waals surface area contributed by atoms with E-state index in [0.29, 0.717) is 16.4 Å². The van der Waals surface area contributed by atoms with Gasteiger partial charge in [-0.2, -0.15) is 9.94 Å². The first-order valence-electron chi connectivity index (χ1n) is 9.30. The van der Waals surface area contributed by atoms with Crippen molar-refractivity contribution in [1.29, 1.82) is 5.26 Å². The summed E-state index contributed by atoms with van der Waals surface area (Å²) in [6.07, 6.45) is 0. The molecule has 0 aliphatic carbocycles. The van der Waals surface area contributed by atoms with Gasteiger partial charge in [0.2, 0.25) is 5.16 Å². The van der Waals surface area contributed by atoms with Crippen molar-refractivity contribution in [3.63, 3.8) is 0 Å². The Morgan fingerprint density at radius 3 is 2.47 bits per heavy atom. The number of rotatable bonds is 5. The highest BCUT2D eigenvalue weighted by Gasteiger charge is 2.23. The summed E-state index contributed by atoms with van der Waals surface area (Å²) in [6, 6.07) is 19.0. The largest absolute Gasteiger partial charge is 0.297 e. The summed E-state index contributed by atoms with van der Waals surface area (Å²) < 4.78 is 4.90. The molecular weight excluding hydrogens is 398 g/mol. The molecule has 0 amide bonds. The van der Waals surface area contributed by atoms with Crippen LogP contribution in [-0.2, 0) is 7.05 Å². The van der Waals surface area contributed by atoms with Crippen molar-refractivity contribution in [2.75, 3.05) is 0 Å². The fourth-order valence-electron chi connectivity index (χ4n) is 3.25. The van der Waals surface area contributed by atoms with Gasteiger partial charge in [0.1, 0.15) is 0 Å². The Morgan fingerprint density at radius 2 is 1.80 bits per heavy atom. The molecule has 0 saturated carbocycles. The number of nitrogens with zero attached hydrogens (tertiary/aromatic N) is 7. The van der Waals surface area contributed by atoms with E-state index in [4.69, 9.17) is 5.26 Å². The molecule has 0 radical (unpaired) electrons. The minimum Gasteiger partial charge on any atom is -0.283 e. The molecule has 0 saturated heterocycles. The van der Waals surface area contributed by atoms with Gasteiger partial charge in [-0.1, -0.05) is 42.1 Å². The number of hydrogen-bond donors (Lipinski definition) is 0. The lowest BCUT2D eigenvalue weighted by molar-refractivity contribution is 0.630. The number of thioether (sulfide) groups is 1. The van der Waals surface area contributed by atoms with Crippen LogP contribution in [-0.4, -0.2) is 29.6 Å². The average molecular weight is 417 g/mol. The van der Waals surface area contributed by atoms with Gasteiger partial charge >= 0.3 is 0 Å². The zero-order valence-electron chi connectivity index (χ0n) is 16.7. The van der Waals surface area contributed by atoms with Crippen LogP contribution in [0.15, 0.2) is 64.5 Å². The fourth-order valence-corrected chi connectivity index (χ4v) is 4.17. The van der Waals surface area contributed by atoms with E-state index in [0.717, 1.165) is 16.9 Å². The van der Waals surface area contributed by atoms with Crippen LogP contribution >= 0.6 is 11.8 Å². The molecule has 0 spiro atoms. The van der Waals surface area contributed by atoms with Crippen LogP contribution in [0.5, 0.6) is 0 Å². The van der Waals surface area contributed by atoms with Crippen LogP contribution in [0.1, 0.15) is 29.0 Å². The molecule has 4 rings (SSSR count). The summed E-state index contributed by atoms with van der Waals surface area (Å²) in [4.78, 5) is 13.3. The smallest absolute Gasteiger partial charge is 0.283 e. The van der Waals surface area contributed by atoms with E-state index >= 15 is 0 Å². The SMILES string of the molecule is Cc1c(-n2nnnc2SC(C)c2ccc(C#N)cc2)c(=O)n(-c2ccccc2)n1C. The minimum absolute atomic E-state index is 0.0304. The Labute approximate surface area is 177 Å². The van der Waals surface area contributed by atoms with Crippen LogP contribution < -0.4 is 5.56 Å². The number of nitriles is 1. The van der Waals surface area contributed by atoms with Crippen LogP contribution in [0.2, 0.25) is 0 Å². The second-order valence-corrected chi connectivity index (χ2v) is 8.09. The van der Waals surface area contributed by atoms with E-state index in [-0.39, 0.29) is 10.8 Å². The lowest BCUT2D eigenvalue weighted by Gasteiger charge is -2.11. The van der Waals surface area contributed by atoms with Gasteiger partial charge in [-0.15, -0.1) is 5.10 Å². The molecule has 9 heteroatoms. The second-order valence-electron chi connectivity index (χ2n) is 6.78. The monoisotopic (exact) mass is 417 g/mol. The van der Waals surface area contributed by atoms with Gasteiger partial charge in [-0.05, 0) is 54.1 Å². The summed E-state index contributed by atoms with van der Waals surface area (Å²) in [5, 5.41) is 21.6. The highest BCUT2D eigenvalue weighted by Crippen LogP contribution is 2.34. The van der Waals surface area contributed by atoms with Crippen molar-refractivity contribution in [2.45, 2.75) is 24.3 Å². The van der Waals surface area contributed by atoms with Crippen molar-refractivity contribution >= 4 is 11.8 Å². The molecule has 0 aliphatic heterocycles. The normalized spacial score (nSPS) is 11.9. The zero-order chi connectivity index (χ0) is 21.3. The van der Waals surface area contributed by atoms with Crippen LogP contribution in [0.25, 0.3) is 11.4 Å². The van der Waals surface area contributed by atoms with Crippen LogP contribution in [0.4, 0.5) is 0 Å². The molecule has 0 N–H and O–H groups in total. The molecule has 2 aromatic carbocycles. The summed E-state index contributed by atoms with van der Waals surface area (Å²) in [7, 11) is 1.84. The number of tetrazole rings is 1. The number of aromatic nitrogens is 6. The molecule has 2 aromatic heterocycles. The van der Waals surface area contributed by atoms with Crippen molar-refractivity contribution in [3.8, 4) is 17.4 Å². The molecule has 1 unspecified atom stereocenters. The standard InChI is InChI=1S/C21H19N7OS/c1-14-19(20(29)28(26(14)3)18-7-5-4-6-8-18)27-21(23-24-25-27)30-15(2)17-11-9-16(13-22)10-12-17/h4-12,15H,1-3H3. The summed E-state index contributed by atoms with van der Waals surface area (Å²) >= 11 is 1.45. The van der Waals surface area contributed by atoms with Crippen LogP contribution in [0, 0.1) is 18.3 Å². The summed E-state index contributed by atoms with van der Waals surface area (Å²) in [5.74, 6) is 0. The summed E-state index contributed by atoms with van der Waals surface area (Å²) in [5.41, 5.74) is 3.40. The average Bonchev–Trinajstić information content (AvgIpc) is 3.30. The summed E-state index contributed by atoms with van der Waals surface area (Å²) in [6.45, 7) is 3.90. The second kappa shape index (κ2) is 8.00. The topological polar surface area (TPSA) is 94.3 Å². The van der Waals surface area contributed by atoms with Gasteiger partial charge in [-0.3, -0.25) is 9.48 Å². The highest BCUT2D eigenvalue weighted by molar-refractivity contribution is 7.99. The first-order valence-corrected chi connectivity index (χ1v) is 10.2. The number of benzene rings is 2. The number of hydrogen-bond acceptors (Lipinski definition) is 6. The third-order valence-electron chi connectivity index (χ3n) is 4.97. The Kier molecular flexibility index (Phi) is 5.25. The Bertz CT molecular complexity index is 1280.